The van der Waals surface area contributed by atoms with Crippen LogP contribution < -0.4 is 4.74 Å². The minimum Gasteiger partial charge on any atom is -0.420 e. The largest absolute Gasteiger partial charge is 0.420 e. The minimum absolute atomic E-state index is 0.142. The van der Waals surface area contributed by atoms with Crippen molar-refractivity contribution < 1.29 is 41.0 Å². The zero-order valence-electron chi connectivity index (χ0n) is 21.5. The Morgan fingerprint density at radius 1 is 0.528 bits per heavy atom. The highest BCUT2D eigenvalue weighted by Crippen LogP contribution is 2.29. The normalized spacial score (nSPS) is 11.3. The number of carbonyl (C=O) groups excluding carboxylic acids is 1. The van der Waals surface area contributed by atoms with Gasteiger partial charge in [0.15, 0.2) is 0 Å². The molecule has 0 spiro atoms. The van der Waals surface area contributed by atoms with Gasteiger partial charge < -0.3 is 14.2 Å². The summed E-state index contributed by atoms with van der Waals surface area (Å²) in [7, 11) is 0. The summed E-state index contributed by atoms with van der Waals surface area (Å²) in [6.45, 7) is 3.24. The van der Waals surface area contributed by atoms with Gasteiger partial charge in [-0.1, -0.05) is 90.4 Å². The molecule has 1 aromatic carbocycles. The molecule has 0 aromatic heterocycles. The molecule has 1 rings (SSSR count). The van der Waals surface area contributed by atoms with Crippen LogP contribution in [0.15, 0.2) is 0 Å². The van der Waals surface area contributed by atoms with E-state index in [2.05, 4.69) is 11.7 Å². The number of carbonyl (C=O) groups is 1. The minimum atomic E-state index is -2.32. The average molecular weight is 525 g/mol. The van der Waals surface area contributed by atoms with E-state index in [0.717, 1.165) is 12.8 Å². The molecule has 0 N–H and O–H groups in total. The molecule has 0 aliphatic carbocycles. The van der Waals surface area contributed by atoms with Crippen LogP contribution in [0.3, 0.4) is 0 Å². The quantitative estimate of drug-likeness (QED) is 0.0383. The smallest absolute Gasteiger partial charge is 0.313 e. The molecule has 0 bridgehead atoms. The van der Waals surface area contributed by atoms with E-state index in [1.807, 2.05) is 0 Å². The lowest BCUT2D eigenvalue weighted by Crippen LogP contribution is -2.16. The Kier molecular flexibility index (Phi) is 18.2. The van der Waals surface area contributed by atoms with Gasteiger partial charge in [0.05, 0.1) is 26.2 Å². The van der Waals surface area contributed by atoms with Crippen LogP contribution >= 0.6 is 0 Å². The van der Waals surface area contributed by atoms with Crippen LogP contribution in [0.1, 0.15) is 103 Å². The van der Waals surface area contributed by atoms with Crippen LogP contribution in [0.4, 0.5) is 22.0 Å². The van der Waals surface area contributed by atoms with E-state index in [1.54, 1.807) is 0 Å². The van der Waals surface area contributed by atoms with Crippen LogP contribution in [-0.2, 0) is 14.3 Å². The van der Waals surface area contributed by atoms with E-state index in [1.165, 1.54) is 77.0 Å². The van der Waals surface area contributed by atoms with Gasteiger partial charge in [-0.3, -0.25) is 4.79 Å². The molecule has 0 fully saturated rings. The predicted octanol–water partition coefficient (Wildman–Crippen LogP) is 8.19. The van der Waals surface area contributed by atoms with Gasteiger partial charge in [0.1, 0.15) is 0 Å². The van der Waals surface area contributed by atoms with Crippen LogP contribution in [-0.4, -0.2) is 32.4 Å². The Hall–Kier alpha value is -1.74. The summed E-state index contributed by atoms with van der Waals surface area (Å²) in [5, 5.41) is 0. The second kappa shape index (κ2) is 20.3. The third kappa shape index (κ3) is 13.5. The van der Waals surface area contributed by atoms with Crippen molar-refractivity contribution in [1.82, 2.24) is 0 Å². The summed E-state index contributed by atoms with van der Waals surface area (Å²) in [5.41, 5.74) is 0. The third-order valence-corrected chi connectivity index (χ3v) is 5.85. The first-order valence-electron chi connectivity index (χ1n) is 13.3. The molecule has 0 saturated heterocycles. The Labute approximate surface area is 211 Å². The van der Waals surface area contributed by atoms with Crippen molar-refractivity contribution in [3.63, 3.8) is 0 Å². The highest BCUT2D eigenvalue weighted by molar-refractivity contribution is 5.72. The number of hydrogen-bond acceptors (Lipinski definition) is 4. The topological polar surface area (TPSA) is 44.8 Å². The first-order chi connectivity index (χ1) is 17.4. The molecule has 0 unspecified atom stereocenters. The molecule has 0 aliphatic rings. The number of hydrogen-bond donors (Lipinski definition) is 0. The molecular weight excluding hydrogens is 483 g/mol. The van der Waals surface area contributed by atoms with Crippen molar-refractivity contribution in [2.45, 2.75) is 103 Å². The van der Waals surface area contributed by atoms with Gasteiger partial charge in [0.25, 0.3) is 0 Å². The van der Waals surface area contributed by atoms with Crippen molar-refractivity contribution in [1.29, 1.82) is 0 Å². The summed E-state index contributed by atoms with van der Waals surface area (Å²) in [4.78, 5) is 11.6. The molecule has 0 amide bonds. The summed E-state index contributed by atoms with van der Waals surface area (Å²) in [5.74, 6) is -13.9. The lowest BCUT2D eigenvalue weighted by Gasteiger charge is -2.09. The maximum Gasteiger partial charge on any atom is 0.313 e. The van der Waals surface area contributed by atoms with Crippen molar-refractivity contribution >= 4 is 5.97 Å². The van der Waals surface area contributed by atoms with E-state index < -0.39 is 47.2 Å². The van der Waals surface area contributed by atoms with Crippen LogP contribution in [0, 0.1) is 29.1 Å². The summed E-state index contributed by atoms with van der Waals surface area (Å²) in [6, 6.07) is 0. The molecule has 0 radical (unpaired) electrons. The van der Waals surface area contributed by atoms with E-state index >= 15 is 0 Å². The molecule has 1 aromatic rings. The molecular formula is C27H41F5O4. The fraction of sp³-hybridized carbons (Fsp3) is 0.741. The monoisotopic (exact) mass is 524 g/mol. The highest BCUT2D eigenvalue weighted by atomic mass is 19.2. The lowest BCUT2D eigenvalue weighted by molar-refractivity contribution is -0.136. The first kappa shape index (κ1) is 32.3. The Balaban J connectivity index is 1.91. The summed E-state index contributed by atoms with van der Waals surface area (Å²) < 4.78 is 81.1. The molecule has 0 aliphatic heterocycles. The third-order valence-electron chi connectivity index (χ3n) is 5.85. The number of benzene rings is 1. The van der Waals surface area contributed by atoms with Crippen molar-refractivity contribution in [3.8, 4) is 5.75 Å². The summed E-state index contributed by atoms with van der Waals surface area (Å²) in [6.07, 6.45) is 17.6. The fourth-order valence-corrected chi connectivity index (χ4v) is 3.72. The number of rotatable bonds is 22. The van der Waals surface area contributed by atoms with E-state index in [0.29, 0.717) is 13.2 Å². The zero-order chi connectivity index (χ0) is 26.6. The van der Waals surface area contributed by atoms with Gasteiger partial charge in [-0.25, -0.2) is 13.2 Å². The molecule has 36 heavy (non-hydrogen) atoms. The molecule has 208 valence electrons. The van der Waals surface area contributed by atoms with Gasteiger partial charge in [0.2, 0.25) is 34.8 Å². The Morgan fingerprint density at radius 2 is 0.917 bits per heavy atom. The summed E-state index contributed by atoms with van der Waals surface area (Å²) >= 11 is 0. The fourth-order valence-electron chi connectivity index (χ4n) is 3.72. The lowest BCUT2D eigenvalue weighted by atomic mass is 10.0. The average Bonchev–Trinajstić information content (AvgIpc) is 2.87. The second-order valence-corrected chi connectivity index (χ2v) is 8.94. The Morgan fingerprint density at radius 3 is 1.39 bits per heavy atom. The van der Waals surface area contributed by atoms with Crippen molar-refractivity contribution in [3.05, 3.63) is 29.1 Å². The maximum absolute atomic E-state index is 13.5. The number of halogens is 5. The molecule has 4 nitrogen and oxygen atoms in total. The maximum atomic E-state index is 13.5. The van der Waals surface area contributed by atoms with Crippen LogP contribution in [0.2, 0.25) is 0 Å². The number of unbranched alkanes of at least 4 members (excludes halogenated alkanes) is 13. The van der Waals surface area contributed by atoms with Crippen molar-refractivity contribution in [2.24, 2.45) is 0 Å². The van der Waals surface area contributed by atoms with Gasteiger partial charge in [-0.2, -0.15) is 8.78 Å². The highest BCUT2D eigenvalue weighted by Gasteiger charge is 2.28. The molecule has 0 atom stereocenters. The SMILES string of the molecule is CCCCCCCCCCCCCCCCOCCOCCC(=O)Oc1c(F)c(F)c(F)c(F)c1F. The predicted molar refractivity (Wildman–Crippen MR) is 128 cm³/mol. The Bertz CT molecular complexity index is 716. The zero-order valence-corrected chi connectivity index (χ0v) is 21.5. The first-order valence-corrected chi connectivity index (χ1v) is 13.3. The standard InChI is InChI=1S/C27H41F5O4/c1-2-3-4-5-6-7-8-9-10-11-12-13-14-15-17-34-19-20-35-18-16-21(33)36-27-25(31)23(29)22(28)24(30)26(27)32/h2-20H2,1H3. The van der Waals surface area contributed by atoms with Gasteiger partial charge in [-0.15, -0.1) is 0 Å². The van der Waals surface area contributed by atoms with E-state index in [-0.39, 0.29) is 13.2 Å². The number of ether oxygens (including phenoxy) is 3. The van der Waals surface area contributed by atoms with E-state index in [4.69, 9.17) is 9.47 Å². The number of esters is 1. The van der Waals surface area contributed by atoms with Crippen LogP contribution in [0.25, 0.3) is 0 Å². The second-order valence-electron chi connectivity index (χ2n) is 8.94. The van der Waals surface area contributed by atoms with E-state index in [9.17, 15) is 26.7 Å². The van der Waals surface area contributed by atoms with Gasteiger partial charge in [-0.05, 0) is 6.42 Å². The van der Waals surface area contributed by atoms with Crippen molar-refractivity contribution in [2.75, 3.05) is 26.4 Å². The van der Waals surface area contributed by atoms with Crippen LogP contribution in [0.5, 0.6) is 5.75 Å². The molecule has 0 saturated carbocycles. The van der Waals surface area contributed by atoms with Gasteiger partial charge >= 0.3 is 5.97 Å². The van der Waals surface area contributed by atoms with Gasteiger partial charge in [0, 0.05) is 6.61 Å². The molecule has 0 heterocycles. The molecule has 9 heteroatoms.